The second-order valence-electron chi connectivity index (χ2n) is 7.09. The maximum absolute atomic E-state index is 12.8. The number of benzene rings is 1. The van der Waals surface area contributed by atoms with Gasteiger partial charge in [0.1, 0.15) is 0 Å². The third-order valence-corrected chi connectivity index (χ3v) is 5.54. The van der Waals surface area contributed by atoms with Crippen molar-refractivity contribution in [2.75, 3.05) is 0 Å². The minimum atomic E-state index is -0.228. The predicted octanol–water partition coefficient (Wildman–Crippen LogP) is 3.28. The Balaban J connectivity index is 2.26. The van der Waals surface area contributed by atoms with Crippen LogP contribution in [0, 0.1) is 12.3 Å². The van der Waals surface area contributed by atoms with Crippen molar-refractivity contribution in [2.45, 2.75) is 58.5 Å². The Kier molecular flexibility index (Phi) is 5.86. The first-order chi connectivity index (χ1) is 13.2. The SMILES string of the molecule is C#CC(=O)N1[C@@H](CCCC)Cc2c([nH]c(=C/C)/c2=C\C)[C@@H]1c1ccccc1. The van der Waals surface area contributed by atoms with Gasteiger partial charge >= 0.3 is 0 Å². The molecule has 3 heteroatoms. The van der Waals surface area contributed by atoms with E-state index in [0.717, 1.165) is 42.3 Å². The molecule has 0 saturated carbocycles. The molecule has 1 aromatic carbocycles. The Morgan fingerprint density at radius 2 is 2.04 bits per heavy atom. The van der Waals surface area contributed by atoms with E-state index in [4.69, 9.17) is 6.42 Å². The van der Waals surface area contributed by atoms with Gasteiger partial charge in [0.05, 0.1) is 6.04 Å². The molecule has 0 unspecified atom stereocenters. The number of amides is 1. The molecule has 0 bridgehead atoms. The zero-order chi connectivity index (χ0) is 19.4. The molecule has 0 saturated heterocycles. The number of rotatable bonds is 4. The van der Waals surface area contributed by atoms with Gasteiger partial charge in [0, 0.05) is 17.1 Å². The summed E-state index contributed by atoms with van der Waals surface area (Å²) in [4.78, 5) is 18.3. The molecule has 2 heterocycles. The highest BCUT2D eigenvalue weighted by molar-refractivity contribution is 5.94. The van der Waals surface area contributed by atoms with Crippen LogP contribution < -0.4 is 10.6 Å². The molecule has 0 spiro atoms. The van der Waals surface area contributed by atoms with Crippen LogP contribution in [0.15, 0.2) is 30.3 Å². The molecule has 2 aromatic rings. The van der Waals surface area contributed by atoms with Crippen molar-refractivity contribution in [2.24, 2.45) is 0 Å². The number of aromatic nitrogens is 1. The summed E-state index contributed by atoms with van der Waals surface area (Å²) in [5.41, 5.74) is 3.51. The van der Waals surface area contributed by atoms with Gasteiger partial charge in [-0.2, -0.15) is 0 Å². The third kappa shape index (κ3) is 3.45. The van der Waals surface area contributed by atoms with Gasteiger partial charge < -0.3 is 9.88 Å². The number of unbranched alkanes of at least 4 members (excludes halogenated alkanes) is 1. The molecule has 0 fully saturated rings. The number of nitrogens with zero attached hydrogens (tertiary/aromatic N) is 1. The van der Waals surface area contributed by atoms with Crippen molar-refractivity contribution in [3.05, 3.63) is 57.7 Å². The summed E-state index contributed by atoms with van der Waals surface area (Å²) in [6.45, 7) is 6.30. The van der Waals surface area contributed by atoms with Crippen molar-refractivity contribution in [3.63, 3.8) is 0 Å². The lowest BCUT2D eigenvalue weighted by atomic mass is 9.86. The highest BCUT2D eigenvalue weighted by atomic mass is 16.2. The van der Waals surface area contributed by atoms with Gasteiger partial charge in [-0.1, -0.05) is 62.2 Å². The number of hydrogen-bond acceptors (Lipinski definition) is 1. The molecule has 1 aliphatic heterocycles. The maximum atomic E-state index is 12.8. The van der Waals surface area contributed by atoms with E-state index in [9.17, 15) is 4.79 Å². The lowest BCUT2D eigenvalue weighted by Crippen LogP contribution is -2.48. The van der Waals surface area contributed by atoms with Gasteiger partial charge in [0.15, 0.2) is 0 Å². The van der Waals surface area contributed by atoms with E-state index in [1.54, 1.807) is 0 Å². The average molecular weight is 361 g/mol. The second kappa shape index (κ2) is 8.31. The van der Waals surface area contributed by atoms with E-state index in [1.807, 2.05) is 30.0 Å². The predicted molar refractivity (Wildman–Crippen MR) is 111 cm³/mol. The summed E-state index contributed by atoms with van der Waals surface area (Å²) >= 11 is 0. The lowest BCUT2D eigenvalue weighted by molar-refractivity contribution is -0.130. The molecular formula is C24H28N2O. The van der Waals surface area contributed by atoms with E-state index in [1.165, 1.54) is 10.8 Å². The number of nitrogens with one attached hydrogen (secondary N) is 1. The second-order valence-corrected chi connectivity index (χ2v) is 7.09. The Bertz CT molecular complexity index is 962. The summed E-state index contributed by atoms with van der Waals surface area (Å²) in [5.74, 6) is 2.15. The number of carbonyl (C=O) groups is 1. The van der Waals surface area contributed by atoms with Gasteiger partial charge in [0.25, 0.3) is 5.91 Å². The summed E-state index contributed by atoms with van der Waals surface area (Å²) < 4.78 is 0. The van der Waals surface area contributed by atoms with Gasteiger partial charge in [-0.15, -0.1) is 6.42 Å². The summed E-state index contributed by atoms with van der Waals surface area (Å²) in [7, 11) is 0. The molecule has 1 N–H and O–H groups in total. The summed E-state index contributed by atoms with van der Waals surface area (Å²) in [5, 5.41) is 2.37. The fraction of sp³-hybridized carbons (Fsp3) is 0.375. The highest BCUT2D eigenvalue weighted by Gasteiger charge is 2.39. The van der Waals surface area contributed by atoms with Crippen molar-refractivity contribution in [3.8, 4) is 12.3 Å². The molecule has 3 nitrogen and oxygen atoms in total. The lowest BCUT2D eigenvalue weighted by Gasteiger charge is -2.41. The van der Waals surface area contributed by atoms with E-state index < -0.39 is 0 Å². The van der Waals surface area contributed by atoms with Crippen LogP contribution in [0.2, 0.25) is 0 Å². The average Bonchev–Trinajstić information content (AvgIpc) is 3.08. The van der Waals surface area contributed by atoms with E-state index in [2.05, 4.69) is 49.0 Å². The maximum Gasteiger partial charge on any atom is 0.299 e. The standard InChI is InChI=1S/C24H28N2O/c1-5-9-15-18-16-20-19(6-2)21(7-3)25-23(20)24(26(18)22(27)8-4)17-13-11-10-12-14-17/h4,6-7,10-14,18,24-25H,5,9,15-16H2,1-3H3/b19-6-,21-7+/t18-,24-/m0/s1. The summed E-state index contributed by atoms with van der Waals surface area (Å²) in [6, 6.07) is 10.1. The first kappa shape index (κ1) is 19.0. The van der Waals surface area contributed by atoms with Gasteiger partial charge in [-0.25, -0.2) is 0 Å². The molecule has 1 aromatic heterocycles. The van der Waals surface area contributed by atoms with E-state index >= 15 is 0 Å². The fourth-order valence-corrected chi connectivity index (χ4v) is 4.29. The quantitative estimate of drug-likeness (QED) is 0.835. The number of terminal acetylenes is 1. The molecular weight excluding hydrogens is 332 g/mol. The molecule has 27 heavy (non-hydrogen) atoms. The Labute approximate surface area is 161 Å². The smallest absolute Gasteiger partial charge is 0.299 e. The molecule has 140 valence electrons. The minimum Gasteiger partial charge on any atom is -0.356 e. The van der Waals surface area contributed by atoms with E-state index in [0.29, 0.717) is 0 Å². The fourth-order valence-electron chi connectivity index (χ4n) is 4.29. The molecule has 1 amide bonds. The molecule has 3 rings (SSSR count). The minimum absolute atomic E-state index is 0.116. The molecule has 0 radical (unpaired) electrons. The topological polar surface area (TPSA) is 36.1 Å². The number of fused-ring (bicyclic) bond motifs is 1. The van der Waals surface area contributed by atoms with Crippen LogP contribution in [0.3, 0.4) is 0 Å². The van der Waals surface area contributed by atoms with Gasteiger partial charge in [-0.05, 0) is 49.0 Å². The Hall–Kier alpha value is -2.73. The third-order valence-electron chi connectivity index (χ3n) is 5.54. The summed E-state index contributed by atoms with van der Waals surface area (Å²) in [6.07, 6.45) is 13.8. The molecule has 2 atom stereocenters. The first-order valence-electron chi connectivity index (χ1n) is 9.83. The van der Waals surface area contributed by atoms with Crippen LogP contribution in [0.4, 0.5) is 0 Å². The number of carbonyl (C=O) groups excluding carboxylic acids is 1. The monoisotopic (exact) mass is 360 g/mol. The molecule has 0 aliphatic carbocycles. The largest absolute Gasteiger partial charge is 0.356 e. The van der Waals surface area contributed by atoms with Crippen LogP contribution in [-0.4, -0.2) is 21.8 Å². The Morgan fingerprint density at radius 3 is 2.63 bits per heavy atom. The van der Waals surface area contributed by atoms with Crippen LogP contribution in [0.5, 0.6) is 0 Å². The first-order valence-corrected chi connectivity index (χ1v) is 9.83. The zero-order valence-corrected chi connectivity index (χ0v) is 16.5. The Morgan fingerprint density at radius 1 is 1.30 bits per heavy atom. The van der Waals surface area contributed by atoms with E-state index in [-0.39, 0.29) is 18.0 Å². The normalized spacial score (nSPS) is 20.4. The van der Waals surface area contributed by atoms with Crippen LogP contribution in [0.1, 0.15) is 62.9 Å². The van der Waals surface area contributed by atoms with Crippen molar-refractivity contribution in [1.82, 2.24) is 9.88 Å². The van der Waals surface area contributed by atoms with Crippen molar-refractivity contribution in [1.29, 1.82) is 0 Å². The number of hydrogen-bond donors (Lipinski definition) is 1. The van der Waals surface area contributed by atoms with Crippen LogP contribution >= 0.6 is 0 Å². The zero-order valence-electron chi connectivity index (χ0n) is 16.5. The molecule has 1 aliphatic rings. The van der Waals surface area contributed by atoms with Crippen molar-refractivity contribution < 1.29 is 4.79 Å². The van der Waals surface area contributed by atoms with Crippen molar-refractivity contribution >= 4 is 18.1 Å². The number of aromatic amines is 1. The number of H-pyrrole nitrogens is 1. The van der Waals surface area contributed by atoms with Crippen LogP contribution in [-0.2, 0) is 11.2 Å². The highest BCUT2D eigenvalue weighted by Crippen LogP contribution is 2.37. The van der Waals surface area contributed by atoms with Gasteiger partial charge in [-0.3, -0.25) is 4.79 Å². The van der Waals surface area contributed by atoms with Crippen LogP contribution in [0.25, 0.3) is 12.2 Å². The van der Waals surface area contributed by atoms with Gasteiger partial charge in [0.2, 0.25) is 0 Å².